The number of nitrogens with zero attached hydrogens (tertiary/aromatic N) is 1. The Morgan fingerprint density at radius 2 is 2.17 bits per heavy atom. The highest BCUT2D eigenvalue weighted by atomic mass is 16.7. The SMILES string of the molecule is C=CC(OC(=O)OC)c1cc2ccccc2n1C. The molecule has 1 aromatic heterocycles. The van der Waals surface area contributed by atoms with Crippen molar-refractivity contribution >= 4 is 17.1 Å². The van der Waals surface area contributed by atoms with Gasteiger partial charge in [0.05, 0.1) is 12.8 Å². The smallest absolute Gasteiger partial charge is 0.438 e. The Labute approximate surface area is 105 Å². The van der Waals surface area contributed by atoms with E-state index in [4.69, 9.17) is 4.74 Å². The van der Waals surface area contributed by atoms with Gasteiger partial charge in [-0.1, -0.05) is 24.8 Å². The van der Waals surface area contributed by atoms with Crippen molar-refractivity contribution in [3.63, 3.8) is 0 Å². The van der Waals surface area contributed by atoms with Crippen molar-refractivity contribution in [3.05, 3.63) is 48.7 Å². The number of benzene rings is 1. The minimum absolute atomic E-state index is 0.519. The molecule has 1 atom stereocenters. The Bertz CT molecular complexity index is 586. The van der Waals surface area contributed by atoms with Crippen molar-refractivity contribution < 1.29 is 14.3 Å². The number of ether oxygens (including phenoxy) is 2. The van der Waals surface area contributed by atoms with Crippen molar-refractivity contribution in [1.82, 2.24) is 4.57 Å². The van der Waals surface area contributed by atoms with Crippen molar-refractivity contribution in [2.24, 2.45) is 7.05 Å². The first kappa shape index (κ1) is 12.2. The maximum absolute atomic E-state index is 11.2. The van der Waals surface area contributed by atoms with E-state index in [2.05, 4.69) is 11.3 Å². The Balaban J connectivity index is 2.42. The molecule has 2 rings (SSSR count). The zero-order valence-electron chi connectivity index (χ0n) is 10.4. The number of aromatic nitrogens is 1. The predicted molar refractivity (Wildman–Crippen MR) is 69.3 cm³/mol. The average Bonchev–Trinajstić information content (AvgIpc) is 2.73. The lowest BCUT2D eigenvalue weighted by molar-refractivity contribution is 0.0503. The van der Waals surface area contributed by atoms with Crippen molar-refractivity contribution in [2.75, 3.05) is 7.11 Å². The zero-order valence-corrected chi connectivity index (χ0v) is 10.4. The van der Waals surface area contributed by atoms with Crippen molar-refractivity contribution in [3.8, 4) is 0 Å². The molecule has 4 heteroatoms. The van der Waals surface area contributed by atoms with E-state index in [1.54, 1.807) is 6.08 Å². The number of aryl methyl sites for hydroxylation is 1. The number of para-hydroxylation sites is 1. The van der Waals surface area contributed by atoms with Crippen LogP contribution < -0.4 is 0 Å². The number of methoxy groups -OCH3 is 1. The second-order valence-electron chi connectivity index (χ2n) is 3.92. The Hall–Kier alpha value is -2.23. The van der Waals surface area contributed by atoms with Gasteiger partial charge in [0, 0.05) is 18.0 Å². The average molecular weight is 245 g/mol. The molecule has 1 heterocycles. The fourth-order valence-electron chi connectivity index (χ4n) is 1.96. The molecule has 0 bridgehead atoms. The molecule has 94 valence electrons. The van der Waals surface area contributed by atoms with Crippen LogP contribution in [0.2, 0.25) is 0 Å². The minimum Gasteiger partial charge on any atom is -0.438 e. The molecule has 1 aromatic carbocycles. The number of carbonyl (C=O) groups is 1. The van der Waals surface area contributed by atoms with Gasteiger partial charge < -0.3 is 14.0 Å². The normalized spacial score (nSPS) is 12.1. The van der Waals surface area contributed by atoms with Crippen LogP contribution in [0.15, 0.2) is 43.0 Å². The van der Waals surface area contributed by atoms with Crippen LogP contribution in [0.25, 0.3) is 10.9 Å². The highest BCUT2D eigenvalue weighted by molar-refractivity contribution is 5.81. The molecule has 2 aromatic rings. The summed E-state index contributed by atoms with van der Waals surface area (Å²) in [6.45, 7) is 3.69. The lowest BCUT2D eigenvalue weighted by atomic mass is 10.2. The number of carbonyl (C=O) groups excluding carboxylic acids is 1. The monoisotopic (exact) mass is 245 g/mol. The van der Waals surface area contributed by atoms with Crippen LogP contribution in [-0.2, 0) is 16.5 Å². The summed E-state index contributed by atoms with van der Waals surface area (Å²) >= 11 is 0. The molecule has 1 unspecified atom stereocenters. The summed E-state index contributed by atoms with van der Waals surface area (Å²) in [4.78, 5) is 11.2. The van der Waals surface area contributed by atoms with Crippen LogP contribution in [-0.4, -0.2) is 17.8 Å². The third-order valence-corrected chi connectivity index (χ3v) is 2.88. The van der Waals surface area contributed by atoms with Crippen molar-refractivity contribution in [1.29, 1.82) is 0 Å². The van der Waals surface area contributed by atoms with Gasteiger partial charge in [0.25, 0.3) is 0 Å². The molecule has 0 N–H and O–H groups in total. The molecule has 0 saturated carbocycles. The predicted octanol–water partition coefficient (Wildman–Crippen LogP) is 3.19. The van der Waals surface area contributed by atoms with Gasteiger partial charge in [-0.05, 0) is 18.2 Å². The molecule has 0 aliphatic carbocycles. The molecule has 0 fully saturated rings. The summed E-state index contributed by atoms with van der Waals surface area (Å²) in [6, 6.07) is 9.94. The molecule has 18 heavy (non-hydrogen) atoms. The number of fused-ring (bicyclic) bond motifs is 1. The van der Waals surface area contributed by atoms with E-state index in [1.807, 2.05) is 41.9 Å². The highest BCUT2D eigenvalue weighted by Gasteiger charge is 2.18. The van der Waals surface area contributed by atoms with E-state index >= 15 is 0 Å². The fourth-order valence-corrected chi connectivity index (χ4v) is 1.96. The molecular weight excluding hydrogens is 230 g/mol. The van der Waals surface area contributed by atoms with Crippen LogP contribution in [0.5, 0.6) is 0 Å². The summed E-state index contributed by atoms with van der Waals surface area (Å²) in [5, 5.41) is 1.09. The van der Waals surface area contributed by atoms with E-state index < -0.39 is 12.3 Å². The van der Waals surface area contributed by atoms with E-state index in [9.17, 15) is 4.79 Å². The first-order valence-corrected chi connectivity index (χ1v) is 5.59. The molecular formula is C14H15NO3. The van der Waals surface area contributed by atoms with Crippen LogP contribution in [0.4, 0.5) is 4.79 Å². The van der Waals surface area contributed by atoms with Gasteiger partial charge in [-0.15, -0.1) is 0 Å². The Morgan fingerprint density at radius 3 is 2.78 bits per heavy atom. The van der Waals surface area contributed by atoms with Gasteiger partial charge in [-0.25, -0.2) is 4.79 Å². The van der Waals surface area contributed by atoms with Gasteiger partial charge in [-0.3, -0.25) is 0 Å². The fraction of sp³-hybridized carbons (Fsp3) is 0.214. The third-order valence-electron chi connectivity index (χ3n) is 2.88. The second kappa shape index (κ2) is 4.96. The third kappa shape index (κ3) is 2.09. The molecule has 4 nitrogen and oxygen atoms in total. The topological polar surface area (TPSA) is 40.5 Å². The van der Waals surface area contributed by atoms with Crippen LogP contribution >= 0.6 is 0 Å². The van der Waals surface area contributed by atoms with Gasteiger partial charge in [0.1, 0.15) is 0 Å². The van der Waals surface area contributed by atoms with E-state index in [1.165, 1.54) is 7.11 Å². The number of rotatable bonds is 3. The maximum atomic E-state index is 11.2. The highest BCUT2D eigenvalue weighted by Crippen LogP contribution is 2.26. The lowest BCUT2D eigenvalue weighted by Gasteiger charge is -2.14. The number of hydrogen-bond acceptors (Lipinski definition) is 3. The summed E-state index contributed by atoms with van der Waals surface area (Å²) in [5.74, 6) is 0. The largest absolute Gasteiger partial charge is 0.508 e. The second-order valence-corrected chi connectivity index (χ2v) is 3.92. The van der Waals surface area contributed by atoms with E-state index in [0.29, 0.717) is 0 Å². The van der Waals surface area contributed by atoms with Gasteiger partial charge in [0.15, 0.2) is 6.10 Å². The minimum atomic E-state index is -0.717. The Kier molecular flexibility index (Phi) is 3.37. The molecule has 0 saturated heterocycles. The van der Waals surface area contributed by atoms with E-state index in [-0.39, 0.29) is 0 Å². The standard InChI is InChI=1S/C14H15NO3/c1-4-13(18-14(16)17-3)12-9-10-7-5-6-8-11(10)15(12)2/h4-9,13H,1H2,2-3H3. The van der Waals surface area contributed by atoms with Crippen molar-refractivity contribution in [2.45, 2.75) is 6.10 Å². The summed E-state index contributed by atoms with van der Waals surface area (Å²) < 4.78 is 11.6. The summed E-state index contributed by atoms with van der Waals surface area (Å²) in [5.41, 5.74) is 1.93. The number of hydrogen-bond donors (Lipinski definition) is 0. The van der Waals surface area contributed by atoms with Crippen LogP contribution in [0, 0.1) is 0 Å². The first-order valence-electron chi connectivity index (χ1n) is 5.59. The maximum Gasteiger partial charge on any atom is 0.508 e. The molecule has 0 aliphatic rings. The van der Waals surface area contributed by atoms with Gasteiger partial charge in [-0.2, -0.15) is 0 Å². The first-order chi connectivity index (χ1) is 8.67. The van der Waals surface area contributed by atoms with Crippen LogP contribution in [0.3, 0.4) is 0 Å². The molecule has 0 aliphatic heterocycles. The van der Waals surface area contributed by atoms with Crippen LogP contribution in [0.1, 0.15) is 11.8 Å². The quantitative estimate of drug-likeness (QED) is 0.616. The molecule has 0 radical (unpaired) electrons. The molecule has 0 spiro atoms. The van der Waals surface area contributed by atoms with E-state index in [0.717, 1.165) is 16.6 Å². The van der Waals surface area contributed by atoms with Gasteiger partial charge >= 0.3 is 6.16 Å². The Morgan fingerprint density at radius 1 is 1.44 bits per heavy atom. The summed E-state index contributed by atoms with van der Waals surface area (Å²) in [7, 11) is 3.21. The summed E-state index contributed by atoms with van der Waals surface area (Å²) in [6.07, 6.45) is 0.338. The zero-order chi connectivity index (χ0) is 13.1. The lowest BCUT2D eigenvalue weighted by Crippen LogP contribution is -2.12. The van der Waals surface area contributed by atoms with Gasteiger partial charge in [0.2, 0.25) is 0 Å². The molecule has 0 amide bonds.